The molecule has 4 rings (SSSR count). The molecule has 0 spiro atoms. The standard InChI is InChI=1S/C19H22N2O5.C11H19NO5/c1-19(2,3)26-18(24)21-11-15(9-16(21)17(22)23)25-14-5-4-13-10-20-7-6-12(13)8-14;1-11(2,3)17-10(15)12-6-7(13)5-8(12)9(14)16-4/h4-8,10,15-16H,9,11H2,1-3H3,(H,22,23);7-8,13H,5-6H2,1-4H3/t15-,16+;7-,8+/m10/s1. The molecule has 2 aliphatic rings. The second-order valence-electron chi connectivity index (χ2n) is 12.4. The van der Waals surface area contributed by atoms with Crippen LogP contribution in [0.2, 0.25) is 0 Å². The van der Waals surface area contributed by atoms with Crippen molar-refractivity contribution in [1.29, 1.82) is 0 Å². The Balaban J connectivity index is 0.000000259. The number of likely N-dealkylation sites (tertiary alicyclic amines) is 2. The first-order chi connectivity index (χ1) is 20.0. The zero-order chi connectivity index (χ0) is 32.1. The monoisotopic (exact) mass is 603 g/mol. The number of carbonyl (C=O) groups is 4. The minimum Gasteiger partial charge on any atom is -0.488 e. The normalized spacial score (nSPS) is 22.0. The van der Waals surface area contributed by atoms with Gasteiger partial charge in [-0.25, -0.2) is 19.2 Å². The van der Waals surface area contributed by atoms with Gasteiger partial charge in [-0.1, -0.05) is 0 Å². The van der Waals surface area contributed by atoms with Gasteiger partial charge in [-0.3, -0.25) is 14.8 Å². The molecule has 2 amide bonds. The van der Waals surface area contributed by atoms with Gasteiger partial charge >= 0.3 is 24.1 Å². The van der Waals surface area contributed by atoms with Crippen molar-refractivity contribution in [1.82, 2.24) is 14.8 Å². The highest BCUT2D eigenvalue weighted by Gasteiger charge is 2.43. The van der Waals surface area contributed by atoms with Gasteiger partial charge in [0.15, 0.2) is 0 Å². The van der Waals surface area contributed by atoms with E-state index >= 15 is 0 Å². The highest BCUT2D eigenvalue weighted by Crippen LogP contribution is 2.27. The number of pyridine rings is 1. The lowest BCUT2D eigenvalue weighted by Gasteiger charge is -2.27. The van der Waals surface area contributed by atoms with Crippen LogP contribution < -0.4 is 4.74 Å². The molecule has 236 valence electrons. The Kier molecular flexibility index (Phi) is 10.4. The molecule has 13 heteroatoms. The first-order valence-electron chi connectivity index (χ1n) is 14.0. The quantitative estimate of drug-likeness (QED) is 0.387. The van der Waals surface area contributed by atoms with Gasteiger partial charge in [-0.2, -0.15) is 0 Å². The number of aromatic nitrogens is 1. The summed E-state index contributed by atoms with van der Waals surface area (Å²) in [5, 5.41) is 20.9. The molecule has 1 aromatic carbocycles. The number of ether oxygens (including phenoxy) is 4. The predicted octanol–water partition coefficient (Wildman–Crippen LogP) is 3.61. The van der Waals surface area contributed by atoms with Gasteiger partial charge in [0, 0.05) is 30.6 Å². The molecule has 0 unspecified atom stereocenters. The van der Waals surface area contributed by atoms with Crippen molar-refractivity contribution in [2.24, 2.45) is 0 Å². The number of rotatable bonds is 4. The molecule has 2 fully saturated rings. The maximum Gasteiger partial charge on any atom is 0.411 e. The summed E-state index contributed by atoms with van der Waals surface area (Å²) in [6.45, 7) is 10.7. The number of hydrogen-bond donors (Lipinski definition) is 2. The van der Waals surface area contributed by atoms with Crippen molar-refractivity contribution in [2.75, 3.05) is 20.2 Å². The predicted molar refractivity (Wildman–Crippen MR) is 155 cm³/mol. The Hall–Kier alpha value is -4.13. The number of aliphatic hydroxyl groups excluding tert-OH is 1. The number of fused-ring (bicyclic) bond motifs is 1. The number of esters is 1. The molecule has 0 saturated carbocycles. The van der Waals surface area contributed by atoms with Crippen LogP contribution in [0.25, 0.3) is 10.8 Å². The molecule has 0 bridgehead atoms. The second kappa shape index (κ2) is 13.4. The lowest BCUT2D eigenvalue weighted by atomic mass is 10.1. The summed E-state index contributed by atoms with van der Waals surface area (Å²) < 4.78 is 21.0. The van der Waals surface area contributed by atoms with Crippen LogP contribution in [-0.2, 0) is 23.8 Å². The topological polar surface area (TPSA) is 165 Å². The second-order valence-corrected chi connectivity index (χ2v) is 12.4. The van der Waals surface area contributed by atoms with Crippen LogP contribution in [0.4, 0.5) is 9.59 Å². The summed E-state index contributed by atoms with van der Waals surface area (Å²) in [6.07, 6.45) is 1.49. The van der Waals surface area contributed by atoms with E-state index in [0.29, 0.717) is 5.75 Å². The number of amides is 2. The van der Waals surface area contributed by atoms with E-state index in [9.17, 15) is 29.4 Å². The molecule has 4 atom stereocenters. The maximum atomic E-state index is 12.3. The Bertz CT molecular complexity index is 1320. The summed E-state index contributed by atoms with van der Waals surface area (Å²) in [5.74, 6) is -0.970. The van der Waals surface area contributed by atoms with Crippen molar-refractivity contribution in [2.45, 2.75) is 89.9 Å². The van der Waals surface area contributed by atoms with Crippen molar-refractivity contribution in [3.63, 3.8) is 0 Å². The SMILES string of the molecule is CC(C)(C)OC(=O)N1C[C@H](Oc2ccc3cnccc3c2)C[C@H]1C(=O)O.COC(=O)[C@H]1C[C@H](O)CN1C(=O)OC(C)(C)C. The van der Waals surface area contributed by atoms with E-state index in [1.54, 1.807) is 53.9 Å². The van der Waals surface area contributed by atoms with Crippen LogP contribution in [0.15, 0.2) is 36.7 Å². The number of β-amino-alcohol motifs (C(OH)–C–C–N with tert-alkyl or cyclic N) is 1. The number of benzene rings is 1. The zero-order valence-electron chi connectivity index (χ0n) is 25.6. The fourth-order valence-electron chi connectivity index (χ4n) is 4.66. The first kappa shape index (κ1) is 33.4. The third-order valence-corrected chi connectivity index (χ3v) is 6.47. The zero-order valence-corrected chi connectivity index (χ0v) is 25.6. The molecule has 2 aliphatic heterocycles. The molecular weight excluding hydrogens is 562 g/mol. The van der Waals surface area contributed by atoms with Gasteiger partial charge in [-0.15, -0.1) is 0 Å². The number of carbonyl (C=O) groups excluding carboxylic acids is 3. The van der Waals surface area contributed by atoms with Crippen molar-refractivity contribution >= 4 is 34.9 Å². The molecule has 2 N–H and O–H groups in total. The number of methoxy groups -OCH3 is 1. The molecule has 2 saturated heterocycles. The molecule has 1 aromatic heterocycles. The lowest BCUT2D eigenvalue weighted by Crippen LogP contribution is -2.43. The van der Waals surface area contributed by atoms with Crippen LogP contribution in [0.5, 0.6) is 5.75 Å². The van der Waals surface area contributed by atoms with E-state index in [4.69, 9.17) is 14.2 Å². The van der Waals surface area contributed by atoms with Crippen LogP contribution in [0, 0.1) is 0 Å². The van der Waals surface area contributed by atoms with Crippen LogP contribution in [0.1, 0.15) is 54.4 Å². The molecule has 0 radical (unpaired) electrons. The van der Waals surface area contributed by atoms with E-state index in [2.05, 4.69) is 9.72 Å². The Labute approximate surface area is 250 Å². The van der Waals surface area contributed by atoms with Crippen LogP contribution in [0.3, 0.4) is 0 Å². The average Bonchev–Trinajstić information content (AvgIpc) is 3.51. The Morgan fingerprint density at radius 1 is 0.860 bits per heavy atom. The molecule has 3 heterocycles. The summed E-state index contributed by atoms with van der Waals surface area (Å²) >= 11 is 0. The molecular formula is C30H41N3O10. The number of carboxylic acid groups (broad SMARTS) is 1. The first-order valence-corrected chi connectivity index (χ1v) is 14.0. The smallest absolute Gasteiger partial charge is 0.411 e. The molecule has 13 nitrogen and oxygen atoms in total. The van der Waals surface area contributed by atoms with Crippen LogP contribution >= 0.6 is 0 Å². The van der Waals surface area contributed by atoms with Gasteiger partial charge < -0.3 is 29.2 Å². The van der Waals surface area contributed by atoms with E-state index in [1.165, 1.54) is 16.9 Å². The van der Waals surface area contributed by atoms with Gasteiger partial charge in [0.25, 0.3) is 0 Å². The van der Waals surface area contributed by atoms with E-state index < -0.39 is 59.6 Å². The fourth-order valence-corrected chi connectivity index (χ4v) is 4.66. The van der Waals surface area contributed by atoms with Gasteiger partial charge in [0.2, 0.25) is 0 Å². The lowest BCUT2D eigenvalue weighted by molar-refractivity contribution is -0.145. The number of hydrogen-bond acceptors (Lipinski definition) is 10. The average molecular weight is 604 g/mol. The Morgan fingerprint density at radius 3 is 2.02 bits per heavy atom. The highest BCUT2D eigenvalue weighted by atomic mass is 16.6. The largest absolute Gasteiger partial charge is 0.488 e. The summed E-state index contributed by atoms with van der Waals surface area (Å²) in [7, 11) is 1.25. The van der Waals surface area contributed by atoms with Gasteiger partial charge in [0.1, 0.15) is 35.1 Å². The minimum atomic E-state index is -1.06. The number of aliphatic carboxylic acids is 1. The van der Waals surface area contributed by atoms with Gasteiger partial charge in [0.05, 0.1) is 26.3 Å². The minimum absolute atomic E-state index is 0.0919. The molecule has 2 aromatic rings. The number of carboxylic acids is 1. The number of nitrogens with zero attached hydrogens (tertiary/aromatic N) is 3. The van der Waals surface area contributed by atoms with Crippen molar-refractivity contribution < 1.29 is 48.3 Å². The van der Waals surface area contributed by atoms with Crippen molar-refractivity contribution in [3.8, 4) is 5.75 Å². The third-order valence-electron chi connectivity index (χ3n) is 6.47. The maximum absolute atomic E-state index is 12.3. The fraction of sp³-hybridized carbons (Fsp3) is 0.567. The van der Waals surface area contributed by atoms with Crippen LogP contribution in [-0.4, -0.2) is 105 Å². The summed E-state index contributed by atoms with van der Waals surface area (Å²) in [6, 6.07) is 5.75. The summed E-state index contributed by atoms with van der Waals surface area (Å²) in [5.41, 5.74) is -1.32. The van der Waals surface area contributed by atoms with Crippen molar-refractivity contribution in [3.05, 3.63) is 36.7 Å². The highest BCUT2D eigenvalue weighted by molar-refractivity contribution is 5.83. The van der Waals surface area contributed by atoms with E-state index in [-0.39, 0.29) is 25.9 Å². The van der Waals surface area contributed by atoms with Gasteiger partial charge in [-0.05, 0) is 71.2 Å². The van der Waals surface area contributed by atoms with E-state index in [0.717, 1.165) is 10.8 Å². The molecule has 0 aliphatic carbocycles. The number of aliphatic hydroxyl groups is 1. The molecule has 43 heavy (non-hydrogen) atoms. The Morgan fingerprint density at radius 2 is 1.47 bits per heavy atom. The summed E-state index contributed by atoms with van der Waals surface area (Å²) in [4.78, 5) is 53.7. The third kappa shape index (κ3) is 9.43. The van der Waals surface area contributed by atoms with E-state index in [1.807, 2.05) is 24.3 Å².